The molecule has 0 aliphatic carbocycles. The number of carboxylic acids is 1. The molecule has 1 aromatic heterocycles. The molecule has 5 rings (SSSR count). The monoisotopic (exact) mass is 494 g/mol. The van der Waals surface area contributed by atoms with Gasteiger partial charge >= 0.3 is 5.97 Å². The standard InChI is InChI=1S/C30H23ClN2O3/c31-25-8-4-5-20(14-25)13-24-18-32-27-16-23(21-6-2-1-3-7-21)15-26(28(24)27)29(34)33-17-19-9-11-22(12-10-19)30(35)36/h1-12,14-16,18,32H,13,17H2,(H,33,34)(H,35,36). The summed E-state index contributed by atoms with van der Waals surface area (Å²) in [7, 11) is 0. The lowest BCUT2D eigenvalue weighted by Crippen LogP contribution is -2.23. The van der Waals surface area contributed by atoms with Crippen molar-refractivity contribution in [2.45, 2.75) is 13.0 Å². The Morgan fingerprint density at radius 3 is 2.33 bits per heavy atom. The molecule has 0 fully saturated rings. The Bertz CT molecular complexity index is 1560. The van der Waals surface area contributed by atoms with Gasteiger partial charge in [0.15, 0.2) is 0 Å². The van der Waals surface area contributed by atoms with Crippen LogP contribution in [0.25, 0.3) is 22.0 Å². The van der Waals surface area contributed by atoms with E-state index < -0.39 is 5.97 Å². The number of rotatable bonds is 7. The number of benzene rings is 4. The first-order valence-electron chi connectivity index (χ1n) is 11.5. The molecule has 5 nitrogen and oxygen atoms in total. The Hall–Kier alpha value is -4.35. The summed E-state index contributed by atoms with van der Waals surface area (Å²) in [5, 5.41) is 13.7. The maximum absolute atomic E-state index is 13.5. The van der Waals surface area contributed by atoms with E-state index in [9.17, 15) is 9.59 Å². The smallest absolute Gasteiger partial charge is 0.335 e. The highest BCUT2D eigenvalue weighted by Gasteiger charge is 2.18. The molecule has 3 N–H and O–H groups in total. The zero-order valence-corrected chi connectivity index (χ0v) is 20.0. The SMILES string of the molecule is O=C(O)c1ccc(CNC(=O)c2cc(-c3ccccc3)cc3[nH]cc(Cc4cccc(Cl)c4)c23)cc1. The van der Waals surface area contributed by atoms with E-state index in [1.165, 1.54) is 12.1 Å². The molecule has 0 aliphatic rings. The van der Waals surface area contributed by atoms with Crippen LogP contribution in [0.2, 0.25) is 5.02 Å². The van der Waals surface area contributed by atoms with Crippen molar-refractivity contribution < 1.29 is 14.7 Å². The van der Waals surface area contributed by atoms with Gasteiger partial charge in [-0.3, -0.25) is 4.79 Å². The van der Waals surface area contributed by atoms with E-state index in [0.717, 1.165) is 38.7 Å². The molecule has 0 radical (unpaired) electrons. The van der Waals surface area contributed by atoms with Crippen molar-refractivity contribution in [2.24, 2.45) is 0 Å². The number of carbonyl (C=O) groups is 2. The molecule has 1 amide bonds. The molecule has 0 bridgehead atoms. The Balaban J connectivity index is 1.51. The minimum Gasteiger partial charge on any atom is -0.478 e. The maximum Gasteiger partial charge on any atom is 0.335 e. The second-order valence-corrected chi connectivity index (χ2v) is 9.05. The number of H-pyrrole nitrogens is 1. The fraction of sp³-hybridized carbons (Fsp3) is 0.0667. The van der Waals surface area contributed by atoms with Gasteiger partial charge in [0.25, 0.3) is 5.91 Å². The minimum absolute atomic E-state index is 0.202. The quantitative estimate of drug-likeness (QED) is 0.235. The van der Waals surface area contributed by atoms with Crippen LogP contribution in [0.1, 0.15) is 37.4 Å². The van der Waals surface area contributed by atoms with E-state index in [1.54, 1.807) is 12.1 Å². The first kappa shape index (κ1) is 23.4. The molecule has 0 unspecified atom stereocenters. The van der Waals surface area contributed by atoms with Gasteiger partial charge in [-0.1, -0.05) is 66.2 Å². The highest BCUT2D eigenvalue weighted by atomic mass is 35.5. The van der Waals surface area contributed by atoms with Gasteiger partial charge in [-0.25, -0.2) is 4.79 Å². The average molecular weight is 495 g/mol. The molecule has 0 atom stereocenters. The Morgan fingerprint density at radius 2 is 1.61 bits per heavy atom. The van der Waals surface area contributed by atoms with Crippen LogP contribution in [0.3, 0.4) is 0 Å². The third kappa shape index (κ3) is 5.02. The Kier molecular flexibility index (Phi) is 6.56. The molecule has 36 heavy (non-hydrogen) atoms. The topological polar surface area (TPSA) is 82.2 Å². The highest BCUT2D eigenvalue weighted by molar-refractivity contribution is 6.30. The van der Waals surface area contributed by atoms with Crippen molar-refractivity contribution in [3.05, 3.63) is 130 Å². The molecule has 1 heterocycles. The number of carbonyl (C=O) groups excluding carboxylic acids is 1. The van der Waals surface area contributed by atoms with Crippen LogP contribution >= 0.6 is 11.6 Å². The number of aromatic carboxylic acids is 1. The average Bonchev–Trinajstić information content (AvgIpc) is 3.30. The second-order valence-electron chi connectivity index (χ2n) is 8.62. The lowest BCUT2D eigenvalue weighted by molar-refractivity contribution is 0.0696. The lowest BCUT2D eigenvalue weighted by atomic mass is 9.95. The molecule has 0 saturated heterocycles. The van der Waals surface area contributed by atoms with E-state index in [4.69, 9.17) is 16.7 Å². The van der Waals surface area contributed by atoms with Crippen LogP contribution in [-0.2, 0) is 13.0 Å². The number of aromatic amines is 1. The van der Waals surface area contributed by atoms with Crippen molar-refractivity contribution >= 4 is 34.4 Å². The van der Waals surface area contributed by atoms with Gasteiger partial charge in [-0.05, 0) is 70.6 Å². The molecule has 0 aliphatic heterocycles. The molecular weight excluding hydrogens is 472 g/mol. The first-order valence-corrected chi connectivity index (χ1v) is 11.9. The minimum atomic E-state index is -0.981. The van der Waals surface area contributed by atoms with Crippen LogP contribution in [0.4, 0.5) is 0 Å². The molecule has 6 heteroatoms. The summed E-state index contributed by atoms with van der Waals surface area (Å²) in [6.07, 6.45) is 2.57. The van der Waals surface area contributed by atoms with Gasteiger partial charge in [0.2, 0.25) is 0 Å². The van der Waals surface area contributed by atoms with Crippen LogP contribution < -0.4 is 5.32 Å². The molecule has 5 aromatic rings. The Morgan fingerprint density at radius 1 is 0.833 bits per heavy atom. The molecular formula is C30H23ClN2O3. The van der Waals surface area contributed by atoms with Crippen LogP contribution in [0.15, 0.2) is 97.2 Å². The normalized spacial score (nSPS) is 10.9. The Labute approximate surface area is 213 Å². The molecule has 178 valence electrons. The van der Waals surface area contributed by atoms with E-state index in [1.807, 2.05) is 66.9 Å². The zero-order valence-electron chi connectivity index (χ0n) is 19.3. The predicted molar refractivity (Wildman–Crippen MR) is 143 cm³/mol. The third-order valence-electron chi connectivity index (χ3n) is 6.15. The number of halogens is 1. The lowest BCUT2D eigenvalue weighted by Gasteiger charge is -2.12. The third-order valence-corrected chi connectivity index (χ3v) is 6.39. The van der Waals surface area contributed by atoms with Crippen molar-refractivity contribution in [3.63, 3.8) is 0 Å². The van der Waals surface area contributed by atoms with Crippen molar-refractivity contribution in [3.8, 4) is 11.1 Å². The van der Waals surface area contributed by atoms with Gasteiger partial charge in [0.05, 0.1) is 5.56 Å². The number of nitrogens with one attached hydrogen (secondary N) is 2. The van der Waals surface area contributed by atoms with E-state index in [2.05, 4.69) is 16.4 Å². The van der Waals surface area contributed by atoms with Crippen LogP contribution in [0.5, 0.6) is 0 Å². The van der Waals surface area contributed by atoms with Gasteiger partial charge < -0.3 is 15.4 Å². The number of aromatic nitrogens is 1. The van der Waals surface area contributed by atoms with E-state index in [-0.39, 0.29) is 18.0 Å². The summed E-state index contributed by atoms with van der Waals surface area (Å²) in [5.41, 5.74) is 6.50. The highest BCUT2D eigenvalue weighted by Crippen LogP contribution is 2.31. The fourth-order valence-electron chi connectivity index (χ4n) is 4.36. The van der Waals surface area contributed by atoms with Crippen molar-refractivity contribution in [1.29, 1.82) is 0 Å². The largest absolute Gasteiger partial charge is 0.478 e. The maximum atomic E-state index is 13.5. The van der Waals surface area contributed by atoms with Crippen LogP contribution in [-0.4, -0.2) is 22.0 Å². The molecule has 4 aromatic carbocycles. The number of fused-ring (bicyclic) bond motifs is 1. The summed E-state index contributed by atoms with van der Waals surface area (Å²) in [5.74, 6) is -1.18. The van der Waals surface area contributed by atoms with Gasteiger partial charge in [-0.2, -0.15) is 0 Å². The van der Waals surface area contributed by atoms with E-state index in [0.29, 0.717) is 17.0 Å². The predicted octanol–water partition coefficient (Wildman–Crippen LogP) is 6.71. The van der Waals surface area contributed by atoms with Crippen LogP contribution in [0, 0.1) is 0 Å². The van der Waals surface area contributed by atoms with Gasteiger partial charge in [0.1, 0.15) is 0 Å². The molecule has 0 saturated carbocycles. The number of hydrogen-bond donors (Lipinski definition) is 3. The number of amides is 1. The van der Waals surface area contributed by atoms with E-state index >= 15 is 0 Å². The summed E-state index contributed by atoms with van der Waals surface area (Å²) in [6, 6.07) is 28.1. The summed E-state index contributed by atoms with van der Waals surface area (Å²) in [4.78, 5) is 28.0. The fourth-order valence-corrected chi connectivity index (χ4v) is 4.58. The van der Waals surface area contributed by atoms with Gasteiger partial charge in [-0.15, -0.1) is 0 Å². The number of carboxylic acid groups (broad SMARTS) is 1. The number of hydrogen-bond acceptors (Lipinski definition) is 2. The zero-order chi connectivity index (χ0) is 25.1. The van der Waals surface area contributed by atoms with Gasteiger partial charge in [0, 0.05) is 34.2 Å². The molecule has 0 spiro atoms. The summed E-state index contributed by atoms with van der Waals surface area (Å²) >= 11 is 6.20. The van der Waals surface area contributed by atoms with Crippen molar-refractivity contribution in [2.75, 3.05) is 0 Å². The second kappa shape index (κ2) is 10.1. The summed E-state index contributed by atoms with van der Waals surface area (Å²) < 4.78 is 0. The summed E-state index contributed by atoms with van der Waals surface area (Å²) in [6.45, 7) is 0.282. The van der Waals surface area contributed by atoms with Crippen molar-refractivity contribution in [1.82, 2.24) is 10.3 Å². The first-order chi connectivity index (χ1) is 17.5.